The van der Waals surface area contributed by atoms with Crippen LogP contribution in [0.3, 0.4) is 0 Å². The van der Waals surface area contributed by atoms with E-state index in [1.807, 2.05) is 36.6 Å². The SMILES string of the molecule is CCCCN(C(=O)CNC(=O)c1cccs1)[C@H](C(=O)NC1CCCC1)c1ccc(C)cc1. The summed E-state index contributed by atoms with van der Waals surface area (Å²) in [7, 11) is 0. The summed E-state index contributed by atoms with van der Waals surface area (Å²) in [4.78, 5) is 41.2. The molecule has 0 saturated heterocycles. The van der Waals surface area contributed by atoms with Gasteiger partial charge in [0.1, 0.15) is 6.04 Å². The topological polar surface area (TPSA) is 78.5 Å². The van der Waals surface area contributed by atoms with E-state index in [1.165, 1.54) is 11.3 Å². The Balaban J connectivity index is 1.81. The number of hydrogen-bond donors (Lipinski definition) is 2. The highest BCUT2D eigenvalue weighted by atomic mass is 32.1. The van der Waals surface area contributed by atoms with Crippen LogP contribution in [0.5, 0.6) is 0 Å². The van der Waals surface area contributed by atoms with Crippen molar-refractivity contribution < 1.29 is 14.4 Å². The lowest BCUT2D eigenvalue weighted by Gasteiger charge is -2.32. The molecule has 3 rings (SSSR count). The molecule has 1 aromatic carbocycles. The molecule has 2 N–H and O–H groups in total. The number of carbonyl (C=O) groups is 3. The van der Waals surface area contributed by atoms with E-state index in [0.29, 0.717) is 11.4 Å². The summed E-state index contributed by atoms with van der Waals surface area (Å²) in [6.45, 7) is 4.37. The second-order valence-electron chi connectivity index (χ2n) is 8.40. The van der Waals surface area contributed by atoms with Crippen LogP contribution in [-0.4, -0.2) is 41.8 Å². The summed E-state index contributed by atoms with van der Waals surface area (Å²) in [6, 6.07) is 10.7. The van der Waals surface area contributed by atoms with Crippen molar-refractivity contribution in [2.75, 3.05) is 13.1 Å². The summed E-state index contributed by atoms with van der Waals surface area (Å²) >= 11 is 1.33. The van der Waals surface area contributed by atoms with Crippen LogP contribution in [-0.2, 0) is 9.59 Å². The molecule has 1 saturated carbocycles. The minimum absolute atomic E-state index is 0.139. The zero-order valence-corrected chi connectivity index (χ0v) is 19.7. The Morgan fingerprint density at radius 3 is 2.47 bits per heavy atom. The van der Waals surface area contributed by atoms with E-state index in [-0.39, 0.29) is 30.3 Å². The number of thiophene rings is 1. The first-order valence-electron chi connectivity index (χ1n) is 11.5. The van der Waals surface area contributed by atoms with Gasteiger partial charge in [0.05, 0.1) is 11.4 Å². The summed E-state index contributed by atoms with van der Waals surface area (Å²) in [6.07, 6.45) is 5.87. The Hall–Kier alpha value is -2.67. The first-order valence-corrected chi connectivity index (χ1v) is 12.4. The molecule has 0 aliphatic heterocycles. The first kappa shape index (κ1) is 24.0. The minimum atomic E-state index is -0.714. The van der Waals surface area contributed by atoms with Crippen LogP contribution in [0.15, 0.2) is 41.8 Å². The van der Waals surface area contributed by atoms with Gasteiger partial charge >= 0.3 is 0 Å². The second kappa shape index (κ2) is 11.8. The number of rotatable bonds is 10. The molecule has 6 nitrogen and oxygen atoms in total. The highest BCUT2D eigenvalue weighted by molar-refractivity contribution is 7.12. The Bertz CT molecular complexity index is 890. The molecule has 1 aliphatic carbocycles. The number of carbonyl (C=O) groups excluding carboxylic acids is 3. The molecular formula is C25H33N3O3S. The van der Waals surface area contributed by atoms with Crippen molar-refractivity contribution in [3.05, 3.63) is 57.8 Å². The number of hydrogen-bond acceptors (Lipinski definition) is 4. The summed E-state index contributed by atoms with van der Waals surface area (Å²) in [5.41, 5.74) is 1.89. The predicted molar refractivity (Wildman–Crippen MR) is 128 cm³/mol. The molecule has 1 heterocycles. The van der Waals surface area contributed by atoms with Gasteiger partial charge < -0.3 is 15.5 Å². The number of amides is 3. The zero-order chi connectivity index (χ0) is 22.9. The molecule has 32 heavy (non-hydrogen) atoms. The van der Waals surface area contributed by atoms with Gasteiger partial charge in [0.25, 0.3) is 5.91 Å². The largest absolute Gasteiger partial charge is 0.351 e. The maximum Gasteiger partial charge on any atom is 0.261 e. The third-order valence-corrected chi connectivity index (χ3v) is 6.74. The van der Waals surface area contributed by atoms with E-state index in [2.05, 4.69) is 17.6 Å². The highest BCUT2D eigenvalue weighted by Gasteiger charge is 2.32. The fraction of sp³-hybridized carbons (Fsp3) is 0.480. The Morgan fingerprint density at radius 1 is 1.12 bits per heavy atom. The van der Waals surface area contributed by atoms with Gasteiger partial charge in [-0.15, -0.1) is 11.3 Å². The fourth-order valence-corrected chi connectivity index (χ4v) is 4.69. The molecule has 0 unspecified atom stereocenters. The lowest BCUT2D eigenvalue weighted by molar-refractivity contribution is -0.140. The zero-order valence-electron chi connectivity index (χ0n) is 18.9. The monoisotopic (exact) mass is 455 g/mol. The molecule has 7 heteroatoms. The third-order valence-electron chi connectivity index (χ3n) is 5.87. The highest BCUT2D eigenvalue weighted by Crippen LogP contribution is 2.25. The number of aryl methyl sites for hydroxylation is 1. The van der Waals surface area contributed by atoms with E-state index in [9.17, 15) is 14.4 Å². The van der Waals surface area contributed by atoms with E-state index in [1.54, 1.807) is 17.0 Å². The van der Waals surface area contributed by atoms with Crippen molar-refractivity contribution in [2.45, 2.75) is 64.5 Å². The molecular weight excluding hydrogens is 422 g/mol. The normalized spacial score (nSPS) is 14.7. The van der Waals surface area contributed by atoms with Gasteiger partial charge in [-0.2, -0.15) is 0 Å². The Morgan fingerprint density at radius 2 is 1.84 bits per heavy atom. The van der Waals surface area contributed by atoms with E-state index in [0.717, 1.165) is 49.7 Å². The third kappa shape index (κ3) is 6.42. The molecule has 1 aliphatic rings. The van der Waals surface area contributed by atoms with Crippen LogP contribution in [0.25, 0.3) is 0 Å². The molecule has 0 radical (unpaired) electrons. The van der Waals surface area contributed by atoms with Crippen LogP contribution in [0.2, 0.25) is 0 Å². The van der Waals surface area contributed by atoms with Crippen LogP contribution < -0.4 is 10.6 Å². The standard InChI is InChI=1S/C25H33N3O3S/c1-3-4-15-28(22(29)17-26-24(30)21-10-7-16-32-21)23(19-13-11-18(2)12-14-19)25(31)27-20-8-5-6-9-20/h7,10-14,16,20,23H,3-6,8-9,15,17H2,1-2H3,(H,26,30)(H,27,31)/t23-/m0/s1. The van der Waals surface area contributed by atoms with Gasteiger partial charge in [-0.25, -0.2) is 0 Å². The van der Waals surface area contributed by atoms with E-state index < -0.39 is 6.04 Å². The molecule has 172 valence electrons. The molecule has 2 aromatic rings. The Kier molecular flexibility index (Phi) is 8.85. The summed E-state index contributed by atoms with van der Waals surface area (Å²) in [5, 5.41) is 7.71. The quantitative estimate of drug-likeness (QED) is 0.563. The van der Waals surface area contributed by atoms with Gasteiger partial charge in [-0.3, -0.25) is 14.4 Å². The van der Waals surface area contributed by atoms with Gasteiger partial charge in [0.2, 0.25) is 11.8 Å². The summed E-state index contributed by atoms with van der Waals surface area (Å²) < 4.78 is 0. The number of benzene rings is 1. The van der Waals surface area contributed by atoms with Gasteiger partial charge in [0.15, 0.2) is 0 Å². The molecule has 3 amide bonds. The van der Waals surface area contributed by atoms with Crippen LogP contribution in [0.4, 0.5) is 0 Å². The summed E-state index contributed by atoms with van der Waals surface area (Å²) in [5.74, 6) is -0.670. The van der Waals surface area contributed by atoms with Gasteiger partial charge in [-0.05, 0) is 43.2 Å². The minimum Gasteiger partial charge on any atom is -0.351 e. The van der Waals surface area contributed by atoms with Crippen molar-refractivity contribution in [1.29, 1.82) is 0 Å². The van der Waals surface area contributed by atoms with E-state index >= 15 is 0 Å². The van der Waals surface area contributed by atoms with Gasteiger partial charge in [-0.1, -0.05) is 62.1 Å². The lowest BCUT2D eigenvalue weighted by atomic mass is 10.0. The van der Waals surface area contributed by atoms with Crippen molar-refractivity contribution in [3.8, 4) is 0 Å². The number of nitrogens with one attached hydrogen (secondary N) is 2. The first-order chi connectivity index (χ1) is 15.5. The number of unbranched alkanes of at least 4 members (excludes halogenated alkanes) is 1. The van der Waals surface area contributed by atoms with Crippen LogP contribution >= 0.6 is 11.3 Å². The molecule has 0 spiro atoms. The second-order valence-corrected chi connectivity index (χ2v) is 9.35. The fourth-order valence-electron chi connectivity index (χ4n) is 4.05. The average Bonchev–Trinajstić information content (AvgIpc) is 3.50. The van der Waals surface area contributed by atoms with Crippen LogP contribution in [0.1, 0.15) is 72.3 Å². The van der Waals surface area contributed by atoms with E-state index in [4.69, 9.17) is 0 Å². The lowest BCUT2D eigenvalue weighted by Crippen LogP contribution is -2.49. The van der Waals surface area contributed by atoms with Crippen molar-refractivity contribution in [1.82, 2.24) is 15.5 Å². The van der Waals surface area contributed by atoms with Crippen molar-refractivity contribution >= 4 is 29.1 Å². The maximum absolute atomic E-state index is 13.4. The maximum atomic E-state index is 13.4. The molecule has 1 atom stereocenters. The molecule has 0 bridgehead atoms. The predicted octanol–water partition coefficient (Wildman–Crippen LogP) is 4.22. The van der Waals surface area contributed by atoms with Gasteiger partial charge in [0, 0.05) is 12.6 Å². The number of nitrogens with zero attached hydrogens (tertiary/aromatic N) is 1. The van der Waals surface area contributed by atoms with Crippen molar-refractivity contribution in [3.63, 3.8) is 0 Å². The average molecular weight is 456 g/mol. The van der Waals surface area contributed by atoms with Crippen molar-refractivity contribution in [2.24, 2.45) is 0 Å². The molecule has 1 fully saturated rings. The van der Waals surface area contributed by atoms with Crippen LogP contribution in [0, 0.1) is 6.92 Å². The molecule has 1 aromatic heterocycles. The Labute approximate surface area is 194 Å². The smallest absolute Gasteiger partial charge is 0.261 e.